The third-order valence-corrected chi connectivity index (χ3v) is 6.44. The Morgan fingerprint density at radius 3 is 2.61 bits per heavy atom. The average Bonchev–Trinajstić information content (AvgIpc) is 3.27. The molecule has 0 spiro atoms. The molecule has 9 nitrogen and oxygen atoms in total. The van der Waals surface area contributed by atoms with Crippen LogP contribution in [0.1, 0.15) is 29.7 Å². The van der Waals surface area contributed by atoms with Crippen molar-refractivity contribution in [1.82, 2.24) is 19.7 Å². The highest BCUT2D eigenvalue weighted by Gasteiger charge is 2.29. The minimum Gasteiger partial charge on any atom is -0.466 e. The number of hydrogen-bond acceptors (Lipinski definition) is 6. The number of nitrogens with zero attached hydrogens (tertiary/aromatic N) is 4. The van der Waals surface area contributed by atoms with E-state index in [0.717, 1.165) is 29.6 Å². The van der Waals surface area contributed by atoms with Crippen LogP contribution >= 0.6 is 0 Å². The summed E-state index contributed by atoms with van der Waals surface area (Å²) in [5, 5.41) is 6.99. The van der Waals surface area contributed by atoms with E-state index < -0.39 is 10.0 Å². The van der Waals surface area contributed by atoms with Gasteiger partial charge in [-0.2, -0.15) is 4.31 Å². The average molecular weight is 410 g/mol. The van der Waals surface area contributed by atoms with Gasteiger partial charge in [0.15, 0.2) is 5.96 Å². The topological polar surface area (TPSA) is 104 Å². The maximum Gasteiger partial charge on any atom is 0.220 e. The fraction of sp³-hybridized carbons (Fsp3) is 0.556. The van der Waals surface area contributed by atoms with Crippen LogP contribution in [-0.2, 0) is 22.3 Å². The Morgan fingerprint density at radius 2 is 2.04 bits per heavy atom. The fourth-order valence-electron chi connectivity index (χ4n) is 3.19. The zero-order valence-corrected chi connectivity index (χ0v) is 17.3. The maximum atomic E-state index is 12.6. The van der Waals surface area contributed by atoms with E-state index in [2.05, 4.69) is 15.4 Å². The third-order valence-electron chi connectivity index (χ3n) is 4.63. The molecule has 0 unspecified atom stereocenters. The summed E-state index contributed by atoms with van der Waals surface area (Å²) >= 11 is 0. The first-order valence-electron chi connectivity index (χ1n) is 9.35. The van der Waals surface area contributed by atoms with Gasteiger partial charge in [-0.3, -0.25) is 0 Å². The third kappa shape index (κ3) is 4.93. The predicted octanol–water partition coefficient (Wildman–Crippen LogP) is 1.50. The number of sulfonamides is 1. The largest absolute Gasteiger partial charge is 0.466 e. The van der Waals surface area contributed by atoms with Crippen molar-refractivity contribution in [2.24, 2.45) is 4.99 Å². The molecule has 28 heavy (non-hydrogen) atoms. The van der Waals surface area contributed by atoms with Crippen LogP contribution in [0.2, 0.25) is 0 Å². The van der Waals surface area contributed by atoms with Crippen LogP contribution in [0.4, 0.5) is 0 Å². The molecule has 1 N–H and O–H groups in total. The monoisotopic (exact) mass is 409 g/mol. The molecule has 0 saturated carbocycles. The minimum absolute atomic E-state index is 0.142. The highest BCUT2D eigenvalue weighted by Crippen LogP contribution is 2.16. The summed E-state index contributed by atoms with van der Waals surface area (Å²) in [6.07, 6.45) is 1.38. The van der Waals surface area contributed by atoms with Crippen molar-refractivity contribution in [2.75, 3.05) is 32.7 Å². The Labute approximate surface area is 165 Å². The van der Waals surface area contributed by atoms with Crippen LogP contribution in [0, 0.1) is 13.8 Å². The molecule has 0 aromatic carbocycles. The van der Waals surface area contributed by atoms with Crippen LogP contribution in [0.15, 0.2) is 32.3 Å². The van der Waals surface area contributed by atoms with Gasteiger partial charge in [0.1, 0.15) is 23.5 Å². The van der Waals surface area contributed by atoms with Gasteiger partial charge in [0.2, 0.25) is 10.0 Å². The Hall–Kier alpha value is -2.33. The minimum atomic E-state index is -3.41. The van der Waals surface area contributed by atoms with Crippen molar-refractivity contribution < 1.29 is 17.4 Å². The number of guanidine groups is 1. The molecule has 0 radical (unpaired) electrons. The highest BCUT2D eigenvalue weighted by atomic mass is 32.2. The normalized spacial score (nSPS) is 16.5. The smallest absolute Gasteiger partial charge is 0.220 e. The Balaban J connectivity index is 1.62. The standard InChI is InChI=1S/C18H27N5O4S/c1-4-19-18(20-12-16-11-14(2)27-15(16)3)22-6-8-23(9-7-22)28(24,25)13-17-5-10-26-21-17/h5,10-11H,4,6-9,12-13H2,1-3H3,(H,19,20). The van der Waals surface area contributed by atoms with Crippen molar-refractivity contribution in [3.05, 3.63) is 41.2 Å². The van der Waals surface area contributed by atoms with E-state index in [4.69, 9.17) is 13.9 Å². The molecule has 0 atom stereocenters. The molecule has 1 saturated heterocycles. The molecule has 2 aromatic rings. The van der Waals surface area contributed by atoms with E-state index in [1.165, 1.54) is 10.6 Å². The molecule has 1 aliphatic rings. The van der Waals surface area contributed by atoms with Crippen LogP contribution in [0.3, 0.4) is 0 Å². The zero-order chi connectivity index (χ0) is 20.1. The van der Waals surface area contributed by atoms with Gasteiger partial charge in [0, 0.05) is 44.4 Å². The summed E-state index contributed by atoms with van der Waals surface area (Å²) in [6.45, 7) is 9.11. The Bertz CT molecular complexity index is 897. The van der Waals surface area contributed by atoms with Crippen molar-refractivity contribution in [3.63, 3.8) is 0 Å². The molecule has 0 amide bonds. The molecule has 3 rings (SSSR count). The van der Waals surface area contributed by atoms with Crippen molar-refractivity contribution >= 4 is 16.0 Å². The number of rotatable bonds is 6. The molecule has 1 fully saturated rings. The van der Waals surface area contributed by atoms with Gasteiger partial charge in [0.25, 0.3) is 0 Å². The number of aromatic nitrogens is 1. The quantitative estimate of drug-likeness (QED) is 0.569. The van der Waals surface area contributed by atoms with E-state index in [-0.39, 0.29) is 5.75 Å². The number of piperazine rings is 1. The van der Waals surface area contributed by atoms with Crippen molar-refractivity contribution in [2.45, 2.75) is 33.1 Å². The fourth-order valence-corrected chi connectivity index (χ4v) is 4.62. The summed E-state index contributed by atoms with van der Waals surface area (Å²) < 4.78 is 36.9. The van der Waals surface area contributed by atoms with Crippen LogP contribution in [-0.4, -0.2) is 61.5 Å². The Morgan fingerprint density at radius 1 is 1.29 bits per heavy atom. The molecule has 1 aliphatic heterocycles. The SMILES string of the molecule is CCNC(=NCc1cc(C)oc1C)N1CCN(S(=O)(=O)Cc2ccon2)CC1. The molecule has 2 aromatic heterocycles. The van der Waals surface area contributed by atoms with Gasteiger partial charge in [-0.1, -0.05) is 5.16 Å². The molecule has 154 valence electrons. The summed E-state index contributed by atoms with van der Waals surface area (Å²) in [5.41, 5.74) is 1.48. The Kier molecular flexibility index (Phi) is 6.40. The summed E-state index contributed by atoms with van der Waals surface area (Å²) in [5.74, 6) is 2.39. The predicted molar refractivity (Wildman–Crippen MR) is 105 cm³/mol. The molecule has 3 heterocycles. The molecular formula is C18H27N5O4S. The maximum absolute atomic E-state index is 12.6. The highest BCUT2D eigenvalue weighted by molar-refractivity contribution is 7.88. The molecule has 10 heteroatoms. The van der Waals surface area contributed by atoms with Gasteiger partial charge in [-0.05, 0) is 26.8 Å². The van der Waals surface area contributed by atoms with Crippen LogP contribution < -0.4 is 5.32 Å². The van der Waals surface area contributed by atoms with Crippen LogP contribution in [0.5, 0.6) is 0 Å². The lowest BCUT2D eigenvalue weighted by molar-refractivity contribution is 0.259. The molecular weight excluding hydrogens is 382 g/mol. The second kappa shape index (κ2) is 8.78. The summed E-state index contributed by atoms with van der Waals surface area (Å²) in [4.78, 5) is 6.80. The van der Waals surface area contributed by atoms with E-state index in [1.807, 2.05) is 26.8 Å². The van der Waals surface area contributed by atoms with E-state index >= 15 is 0 Å². The lowest BCUT2D eigenvalue weighted by Gasteiger charge is -2.35. The van der Waals surface area contributed by atoms with Gasteiger partial charge < -0.3 is 19.2 Å². The van der Waals surface area contributed by atoms with Gasteiger partial charge in [0.05, 0.1) is 12.2 Å². The number of furan rings is 1. The van der Waals surface area contributed by atoms with Gasteiger partial charge in [-0.25, -0.2) is 13.4 Å². The lowest BCUT2D eigenvalue weighted by Crippen LogP contribution is -2.53. The second-order valence-electron chi connectivity index (χ2n) is 6.74. The van der Waals surface area contributed by atoms with E-state index in [0.29, 0.717) is 38.4 Å². The number of nitrogens with one attached hydrogen (secondary N) is 1. The first kappa shape index (κ1) is 20.4. The van der Waals surface area contributed by atoms with Crippen molar-refractivity contribution in [3.8, 4) is 0 Å². The van der Waals surface area contributed by atoms with Gasteiger partial charge >= 0.3 is 0 Å². The van der Waals surface area contributed by atoms with E-state index in [9.17, 15) is 8.42 Å². The number of aliphatic imine (C=N–C) groups is 1. The number of aryl methyl sites for hydroxylation is 2. The first-order chi connectivity index (χ1) is 13.4. The van der Waals surface area contributed by atoms with Gasteiger partial charge in [-0.15, -0.1) is 0 Å². The first-order valence-corrected chi connectivity index (χ1v) is 11.0. The zero-order valence-electron chi connectivity index (χ0n) is 16.5. The molecule has 0 bridgehead atoms. The summed E-state index contributed by atoms with van der Waals surface area (Å²) in [7, 11) is -3.41. The van der Waals surface area contributed by atoms with Crippen LogP contribution in [0.25, 0.3) is 0 Å². The van der Waals surface area contributed by atoms with E-state index in [1.54, 1.807) is 6.07 Å². The number of hydrogen-bond donors (Lipinski definition) is 1. The second-order valence-corrected chi connectivity index (χ2v) is 8.71. The lowest BCUT2D eigenvalue weighted by atomic mass is 10.2. The molecule has 0 aliphatic carbocycles. The van der Waals surface area contributed by atoms with Crippen molar-refractivity contribution in [1.29, 1.82) is 0 Å². The summed E-state index contributed by atoms with van der Waals surface area (Å²) in [6, 6.07) is 3.57.